The molecule has 3 N–H and O–H groups in total. The van der Waals surface area contributed by atoms with Crippen molar-refractivity contribution in [2.24, 2.45) is 10.9 Å². The molecule has 0 saturated heterocycles. The molecule has 0 fully saturated rings. The van der Waals surface area contributed by atoms with Gasteiger partial charge in [-0.2, -0.15) is 0 Å². The third-order valence-corrected chi connectivity index (χ3v) is 5.20. The van der Waals surface area contributed by atoms with Crippen LogP contribution >= 0.6 is 0 Å². The lowest BCUT2D eigenvalue weighted by Gasteiger charge is -2.33. The summed E-state index contributed by atoms with van der Waals surface area (Å²) in [6.45, 7) is 3.85. The molecule has 34 heavy (non-hydrogen) atoms. The zero-order chi connectivity index (χ0) is 24.8. The van der Waals surface area contributed by atoms with Crippen molar-refractivity contribution < 1.29 is 28.9 Å². The summed E-state index contributed by atoms with van der Waals surface area (Å²) in [7, 11) is 0. The molecule has 1 unspecified atom stereocenters. The number of aliphatic hydroxyl groups excluding tert-OH is 2. The van der Waals surface area contributed by atoms with Gasteiger partial charge in [0.15, 0.2) is 0 Å². The van der Waals surface area contributed by atoms with Crippen LogP contribution in [0.5, 0.6) is 0 Å². The molecular formula is C26H26F2N2O4. The van der Waals surface area contributed by atoms with Gasteiger partial charge in [0.25, 0.3) is 0 Å². The molecule has 3 atom stereocenters. The summed E-state index contributed by atoms with van der Waals surface area (Å²) >= 11 is 0. The highest BCUT2D eigenvalue weighted by Crippen LogP contribution is 2.33. The zero-order valence-corrected chi connectivity index (χ0v) is 18.8. The fraction of sp³-hybridized carbons (Fsp3) is 0.308. The number of rotatable bonds is 7. The Morgan fingerprint density at radius 3 is 2.21 bits per heavy atom. The van der Waals surface area contributed by atoms with E-state index in [2.05, 4.69) is 12.0 Å². The minimum Gasteiger partial charge on any atom is -0.481 e. The number of hydrogen-bond acceptors (Lipinski definition) is 5. The summed E-state index contributed by atoms with van der Waals surface area (Å²) in [5, 5.41) is 28.8. The van der Waals surface area contributed by atoms with E-state index in [1.165, 1.54) is 24.3 Å². The van der Waals surface area contributed by atoms with Crippen LogP contribution in [0.3, 0.4) is 0 Å². The van der Waals surface area contributed by atoms with Crippen LogP contribution in [0.25, 0.3) is 5.70 Å². The Kier molecular flexibility index (Phi) is 8.16. The van der Waals surface area contributed by atoms with Gasteiger partial charge in [-0.3, -0.25) is 9.69 Å². The molecule has 0 radical (unpaired) electrons. The molecule has 0 amide bonds. The predicted molar refractivity (Wildman–Crippen MR) is 124 cm³/mol. The van der Waals surface area contributed by atoms with Crippen LogP contribution in [0.2, 0.25) is 0 Å². The number of nitrogens with zero attached hydrogens (tertiary/aromatic N) is 2. The molecule has 0 aliphatic carbocycles. The molecule has 1 aliphatic heterocycles. The monoisotopic (exact) mass is 468 g/mol. The first-order valence-corrected chi connectivity index (χ1v) is 10.8. The number of amidine groups is 1. The van der Waals surface area contributed by atoms with E-state index in [1.54, 1.807) is 29.2 Å². The first kappa shape index (κ1) is 25.1. The number of hydrogen-bond donors (Lipinski definition) is 3. The highest BCUT2D eigenvalue weighted by Gasteiger charge is 2.28. The van der Waals surface area contributed by atoms with Crippen molar-refractivity contribution in [3.63, 3.8) is 0 Å². The van der Waals surface area contributed by atoms with E-state index in [0.717, 1.165) is 5.56 Å². The number of aliphatic carboxylic acids is 1. The highest BCUT2D eigenvalue weighted by atomic mass is 19.1. The van der Waals surface area contributed by atoms with Crippen LogP contribution in [-0.4, -0.2) is 44.2 Å². The topological polar surface area (TPSA) is 93.4 Å². The number of carboxylic acid groups (broad SMARTS) is 1. The molecule has 2 aromatic rings. The number of benzene rings is 2. The molecule has 1 heterocycles. The lowest BCUT2D eigenvalue weighted by molar-refractivity contribution is -0.139. The van der Waals surface area contributed by atoms with Gasteiger partial charge in [-0.25, -0.2) is 13.8 Å². The maximum atomic E-state index is 13.6. The van der Waals surface area contributed by atoms with E-state index in [9.17, 15) is 23.8 Å². The largest absolute Gasteiger partial charge is 0.481 e. The Morgan fingerprint density at radius 1 is 1.06 bits per heavy atom. The van der Waals surface area contributed by atoms with Gasteiger partial charge >= 0.3 is 5.97 Å². The average molecular weight is 469 g/mol. The fourth-order valence-electron chi connectivity index (χ4n) is 3.55. The molecule has 0 aromatic heterocycles. The SMILES string of the molecule is CC(C)C1=NC(c2ccc(F)cc2)=CC(c2ccc(F)cc2)N1C#C[C@@H](O)C[C@@H](O)CC(=O)O. The van der Waals surface area contributed by atoms with Crippen molar-refractivity contribution in [2.45, 2.75) is 44.9 Å². The second-order valence-electron chi connectivity index (χ2n) is 8.31. The lowest BCUT2D eigenvalue weighted by atomic mass is 9.98. The van der Waals surface area contributed by atoms with Gasteiger partial charge in [0, 0.05) is 23.9 Å². The van der Waals surface area contributed by atoms with Gasteiger partial charge in [0.1, 0.15) is 23.6 Å². The maximum Gasteiger partial charge on any atom is 0.305 e. The second-order valence-corrected chi connectivity index (χ2v) is 8.31. The number of carboxylic acids is 1. The van der Waals surface area contributed by atoms with E-state index in [4.69, 9.17) is 10.1 Å². The average Bonchev–Trinajstić information content (AvgIpc) is 2.77. The van der Waals surface area contributed by atoms with Crippen LogP contribution < -0.4 is 0 Å². The molecular weight excluding hydrogens is 442 g/mol. The molecule has 8 heteroatoms. The second kappa shape index (κ2) is 11.1. The molecule has 178 valence electrons. The van der Waals surface area contributed by atoms with Gasteiger partial charge in [0.05, 0.1) is 24.3 Å². The molecule has 3 rings (SSSR count). The number of halogens is 2. The van der Waals surface area contributed by atoms with Gasteiger partial charge < -0.3 is 15.3 Å². The normalized spacial score (nSPS) is 17.4. The van der Waals surface area contributed by atoms with Crippen molar-refractivity contribution >= 4 is 17.5 Å². The molecule has 0 bridgehead atoms. The van der Waals surface area contributed by atoms with Crippen molar-refractivity contribution in [3.8, 4) is 12.0 Å². The van der Waals surface area contributed by atoms with Crippen LogP contribution in [0.15, 0.2) is 59.6 Å². The maximum absolute atomic E-state index is 13.6. The van der Waals surface area contributed by atoms with Crippen molar-refractivity contribution in [2.75, 3.05) is 0 Å². The van der Waals surface area contributed by atoms with E-state index < -0.39 is 30.6 Å². The summed E-state index contributed by atoms with van der Waals surface area (Å²) < 4.78 is 27.0. The van der Waals surface area contributed by atoms with Crippen LogP contribution in [0.1, 0.15) is 43.9 Å². The molecule has 0 spiro atoms. The van der Waals surface area contributed by atoms with Gasteiger partial charge in [-0.05, 0) is 54.0 Å². The molecule has 2 aromatic carbocycles. The lowest BCUT2D eigenvalue weighted by Crippen LogP contribution is -2.36. The zero-order valence-electron chi connectivity index (χ0n) is 18.8. The molecule has 6 nitrogen and oxygen atoms in total. The van der Waals surface area contributed by atoms with Crippen LogP contribution in [0.4, 0.5) is 8.78 Å². The van der Waals surface area contributed by atoms with E-state index in [-0.39, 0.29) is 24.0 Å². The Morgan fingerprint density at radius 2 is 1.65 bits per heavy atom. The minimum absolute atomic E-state index is 0.0869. The number of aliphatic imine (C=N–C) groups is 1. The third kappa shape index (κ3) is 6.50. The minimum atomic E-state index is -1.26. The number of aliphatic hydroxyl groups is 2. The third-order valence-electron chi connectivity index (χ3n) is 5.20. The van der Waals surface area contributed by atoms with Crippen LogP contribution in [0, 0.1) is 29.5 Å². The molecule has 0 saturated carbocycles. The smallest absolute Gasteiger partial charge is 0.305 e. The van der Waals surface area contributed by atoms with Gasteiger partial charge in [-0.1, -0.05) is 26.0 Å². The first-order valence-electron chi connectivity index (χ1n) is 10.8. The fourth-order valence-corrected chi connectivity index (χ4v) is 3.55. The highest BCUT2D eigenvalue weighted by molar-refractivity contribution is 5.93. The Balaban J connectivity index is 2.00. The summed E-state index contributed by atoms with van der Waals surface area (Å²) in [4.78, 5) is 17.1. The Bertz CT molecular complexity index is 1130. The summed E-state index contributed by atoms with van der Waals surface area (Å²) in [5.74, 6) is 1.23. The van der Waals surface area contributed by atoms with Gasteiger partial charge in [0.2, 0.25) is 0 Å². The predicted octanol–water partition coefficient (Wildman–Crippen LogP) is 3.96. The van der Waals surface area contributed by atoms with Crippen LogP contribution in [-0.2, 0) is 4.79 Å². The summed E-state index contributed by atoms with van der Waals surface area (Å²) in [6, 6.07) is 14.3. The Labute approximate surface area is 196 Å². The standard InChI is InChI=1S/C26H26F2N2O4/c1-16(2)26-29-23(17-3-7-19(27)8-4-17)15-24(18-5-9-20(28)10-6-18)30(26)12-11-21(31)13-22(32)14-25(33)34/h3-10,15-16,21-22,24,31-32H,13-14H2,1-2H3,(H,33,34)/t21-,22-,24?/m1/s1. The van der Waals surface area contributed by atoms with E-state index in [0.29, 0.717) is 17.1 Å². The summed E-state index contributed by atoms with van der Waals surface area (Å²) in [6.07, 6.45) is -1.40. The Hall–Kier alpha value is -3.54. The van der Waals surface area contributed by atoms with Gasteiger partial charge in [-0.15, -0.1) is 0 Å². The van der Waals surface area contributed by atoms with Crippen molar-refractivity contribution in [1.29, 1.82) is 0 Å². The first-order chi connectivity index (χ1) is 16.1. The summed E-state index contributed by atoms with van der Waals surface area (Å²) in [5.41, 5.74) is 2.04. The van der Waals surface area contributed by atoms with E-state index >= 15 is 0 Å². The van der Waals surface area contributed by atoms with E-state index in [1.807, 2.05) is 19.9 Å². The quantitative estimate of drug-likeness (QED) is 0.535. The van der Waals surface area contributed by atoms with Crippen molar-refractivity contribution in [1.82, 2.24) is 4.90 Å². The van der Waals surface area contributed by atoms with Crippen molar-refractivity contribution in [3.05, 3.63) is 77.4 Å². The number of carbonyl (C=O) groups is 1. The molecule has 1 aliphatic rings.